The summed E-state index contributed by atoms with van der Waals surface area (Å²) in [6, 6.07) is 18.1. The molecule has 0 saturated carbocycles. The number of nitrogens with zero attached hydrogens (tertiary/aromatic N) is 1. The molecule has 2 saturated heterocycles. The van der Waals surface area contributed by atoms with E-state index in [-0.39, 0.29) is 18.1 Å². The molecule has 0 spiro atoms. The van der Waals surface area contributed by atoms with Crippen molar-refractivity contribution in [1.82, 2.24) is 10.2 Å². The molecule has 0 aromatic heterocycles. The molecular weight excluding hydrogens is 364 g/mol. The van der Waals surface area contributed by atoms with Crippen molar-refractivity contribution in [2.75, 3.05) is 32.8 Å². The number of nitrogens with one attached hydrogen (secondary N) is 1. The van der Waals surface area contributed by atoms with Crippen LogP contribution in [0.1, 0.15) is 47.6 Å². The highest BCUT2D eigenvalue weighted by molar-refractivity contribution is 5.94. The summed E-state index contributed by atoms with van der Waals surface area (Å²) in [4.78, 5) is 15.3. The molecule has 2 aromatic rings. The Labute approximate surface area is 173 Å². The smallest absolute Gasteiger partial charge is 0.251 e. The summed E-state index contributed by atoms with van der Waals surface area (Å²) in [5.41, 5.74) is 1.88. The fourth-order valence-corrected chi connectivity index (χ4v) is 4.17. The molecule has 154 valence electrons. The van der Waals surface area contributed by atoms with E-state index in [0.29, 0.717) is 24.5 Å². The lowest BCUT2D eigenvalue weighted by molar-refractivity contribution is 0.0679. The van der Waals surface area contributed by atoms with Crippen LogP contribution in [0.15, 0.2) is 54.6 Å². The van der Waals surface area contributed by atoms with Gasteiger partial charge in [0.2, 0.25) is 0 Å². The number of carbonyl (C=O) groups is 1. The summed E-state index contributed by atoms with van der Waals surface area (Å²) in [6.45, 7) is 4.13. The van der Waals surface area contributed by atoms with Crippen LogP contribution in [0, 0.1) is 0 Å². The Balaban J connectivity index is 1.36. The number of amides is 1. The molecular formula is C24H30N2O3. The molecule has 2 heterocycles. The van der Waals surface area contributed by atoms with Gasteiger partial charge >= 0.3 is 0 Å². The molecule has 0 bridgehead atoms. The molecule has 2 fully saturated rings. The molecule has 5 nitrogen and oxygen atoms in total. The van der Waals surface area contributed by atoms with Crippen molar-refractivity contribution in [1.29, 1.82) is 0 Å². The molecule has 0 aliphatic carbocycles. The number of likely N-dealkylation sites (tertiary alicyclic amines) is 1. The Kier molecular flexibility index (Phi) is 6.80. The third kappa shape index (κ3) is 5.37. The van der Waals surface area contributed by atoms with Crippen molar-refractivity contribution in [3.05, 3.63) is 65.7 Å². The lowest BCUT2D eigenvalue weighted by atomic mass is 10.1. The average Bonchev–Trinajstić information content (AvgIpc) is 3.48. The van der Waals surface area contributed by atoms with Crippen molar-refractivity contribution in [2.45, 2.75) is 37.8 Å². The van der Waals surface area contributed by atoms with Gasteiger partial charge in [-0.1, -0.05) is 36.4 Å². The molecule has 29 heavy (non-hydrogen) atoms. The van der Waals surface area contributed by atoms with Crippen LogP contribution in [0.25, 0.3) is 0 Å². The third-order valence-corrected chi connectivity index (χ3v) is 5.78. The monoisotopic (exact) mass is 394 g/mol. The Hall–Kier alpha value is -2.37. The van der Waals surface area contributed by atoms with E-state index in [9.17, 15) is 4.79 Å². The second kappa shape index (κ2) is 9.90. The number of carbonyl (C=O) groups excluding carboxylic acids is 1. The van der Waals surface area contributed by atoms with Crippen LogP contribution < -0.4 is 10.1 Å². The van der Waals surface area contributed by atoms with Crippen molar-refractivity contribution in [2.24, 2.45) is 0 Å². The van der Waals surface area contributed by atoms with E-state index in [4.69, 9.17) is 9.47 Å². The molecule has 2 aliphatic rings. The van der Waals surface area contributed by atoms with Crippen LogP contribution in [0.5, 0.6) is 5.75 Å². The zero-order chi connectivity index (χ0) is 19.9. The second-order valence-corrected chi connectivity index (χ2v) is 7.85. The molecule has 0 unspecified atom stereocenters. The lowest BCUT2D eigenvalue weighted by Crippen LogP contribution is -2.36. The van der Waals surface area contributed by atoms with Crippen molar-refractivity contribution in [3.8, 4) is 5.75 Å². The summed E-state index contributed by atoms with van der Waals surface area (Å²) in [6.07, 6.45) is 4.75. The number of benzene rings is 2. The number of hydrogen-bond acceptors (Lipinski definition) is 4. The van der Waals surface area contributed by atoms with E-state index in [2.05, 4.69) is 34.5 Å². The summed E-state index contributed by atoms with van der Waals surface area (Å²) in [5, 5.41) is 3.14. The Morgan fingerprint density at radius 3 is 2.69 bits per heavy atom. The van der Waals surface area contributed by atoms with Crippen LogP contribution in [0.3, 0.4) is 0 Å². The minimum Gasteiger partial charge on any atom is -0.491 e. The summed E-state index contributed by atoms with van der Waals surface area (Å²) in [5.74, 6) is 0.653. The first-order chi connectivity index (χ1) is 14.3. The number of hydrogen-bond donors (Lipinski definition) is 1. The van der Waals surface area contributed by atoms with Crippen LogP contribution in [-0.4, -0.2) is 49.8 Å². The summed E-state index contributed by atoms with van der Waals surface area (Å²) >= 11 is 0. The predicted octanol–water partition coefficient (Wildman–Crippen LogP) is 3.81. The van der Waals surface area contributed by atoms with Crippen LogP contribution in [0.2, 0.25) is 0 Å². The fourth-order valence-electron chi connectivity index (χ4n) is 4.17. The van der Waals surface area contributed by atoms with E-state index >= 15 is 0 Å². The topological polar surface area (TPSA) is 50.8 Å². The zero-order valence-electron chi connectivity index (χ0n) is 16.9. The zero-order valence-corrected chi connectivity index (χ0v) is 16.9. The van der Waals surface area contributed by atoms with Gasteiger partial charge in [0.1, 0.15) is 12.4 Å². The first kappa shape index (κ1) is 19.9. The maximum atomic E-state index is 12.8. The first-order valence-corrected chi connectivity index (χ1v) is 10.7. The minimum atomic E-state index is -0.0623. The fraction of sp³-hybridized carbons (Fsp3) is 0.458. The number of rotatable bonds is 8. The highest BCUT2D eigenvalue weighted by Gasteiger charge is 2.24. The molecule has 4 rings (SSSR count). The highest BCUT2D eigenvalue weighted by Crippen LogP contribution is 2.24. The van der Waals surface area contributed by atoms with Gasteiger partial charge in [-0.15, -0.1) is 0 Å². The Bertz CT molecular complexity index is 784. The van der Waals surface area contributed by atoms with Gasteiger partial charge in [0.05, 0.1) is 12.1 Å². The van der Waals surface area contributed by atoms with Gasteiger partial charge in [-0.2, -0.15) is 0 Å². The maximum absolute atomic E-state index is 12.8. The largest absolute Gasteiger partial charge is 0.491 e. The average molecular weight is 395 g/mol. The van der Waals surface area contributed by atoms with Gasteiger partial charge < -0.3 is 14.8 Å². The summed E-state index contributed by atoms with van der Waals surface area (Å²) < 4.78 is 11.4. The molecule has 1 N–H and O–H groups in total. The van der Waals surface area contributed by atoms with E-state index in [1.54, 1.807) is 0 Å². The highest BCUT2D eigenvalue weighted by atomic mass is 16.5. The van der Waals surface area contributed by atoms with Crippen molar-refractivity contribution >= 4 is 5.91 Å². The van der Waals surface area contributed by atoms with Crippen molar-refractivity contribution < 1.29 is 14.3 Å². The van der Waals surface area contributed by atoms with E-state index < -0.39 is 0 Å². The molecule has 0 radical (unpaired) electrons. The lowest BCUT2D eigenvalue weighted by Gasteiger charge is -2.28. The normalized spacial score (nSPS) is 20.5. The van der Waals surface area contributed by atoms with Gasteiger partial charge in [-0.05, 0) is 62.5 Å². The molecule has 5 heteroatoms. The van der Waals surface area contributed by atoms with Crippen LogP contribution >= 0.6 is 0 Å². The van der Waals surface area contributed by atoms with Gasteiger partial charge in [-0.3, -0.25) is 9.69 Å². The first-order valence-electron chi connectivity index (χ1n) is 10.7. The van der Waals surface area contributed by atoms with Crippen LogP contribution in [0.4, 0.5) is 0 Å². The molecule has 2 aliphatic heterocycles. The minimum absolute atomic E-state index is 0.0623. The quantitative estimate of drug-likeness (QED) is 0.740. The standard InChI is InChI=1S/C24H30N2O3/c27-24(20-10-6-11-21(16-20)29-18-22-12-7-15-28-22)25-17-23(26-13-4-5-14-26)19-8-2-1-3-9-19/h1-3,6,8-11,16,22-23H,4-5,7,12-15,17-18H2,(H,25,27)/t22-,23-/m1/s1. The van der Waals surface area contributed by atoms with Gasteiger partial charge in [-0.25, -0.2) is 0 Å². The maximum Gasteiger partial charge on any atom is 0.251 e. The Morgan fingerprint density at radius 2 is 1.93 bits per heavy atom. The second-order valence-electron chi connectivity index (χ2n) is 7.85. The van der Waals surface area contributed by atoms with Gasteiger partial charge in [0.25, 0.3) is 5.91 Å². The van der Waals surface area contributed by atoms with E-state index in [0.717, 1.165) is 32.5 Å². The van der Waals surface area contributed by atoms with Gasteiger partial charge in [0.15, 0.2) is 0 Å². The Morgan fingerprint density at radius 1 is 1.10 bits per heavy atom. The molecule has 2 aromatic carbocycles. The van der Waals surface area contributed by atoms with E-state index in [1.165, 1.54) is 18.4 Å². The predicted molar refractivity (Wildman–Crippen MR) is 113 cm³/mol. The van der Waals surface area contributed by atoms with Gasteiger partial charge in [0, 0.05) is 18.7 Å². The SMILES string of the molecule is O=C(NC[C@H](c1ccccc1)N1CCCC1)c1cccc(OC[C@H]2CCCO2)c1. The van der Waals surface area contributed by atoms with Crippen molar-refractivity contribution in [3.63, 3.8) is 0 Å². The summed E-state index contributed by atoms with van der Waals surface area (Å²) in [7, 11) is 0. The third-order valence-electron chi connectivity index (χ3n) is 5.78. The van der Waals surface area contributed by atoms with Crippen LogP contribution in [-0.2, 0) is 4.74 Å². The molecule has 2 atom stereocenters. The molecule has 1 amide bonds. The number of ether oxygens (including phenoxy) is 2. The van der Waals surface area contributed by atoms with E-state index in [1.807, 2.05) is 30.3 Å².